The average Bonchev–Trinajstić information content (AvgIpc) is 2.31. The van der Waals surface area contributed by atoms with Crippen LogP contribution in [0, 0.1) is 11.3 Å². The summed E-state index contributed by atoms with van der Waals surface area (Å²) in [5, 5.41) is 29.2. The number of nitriles is 1. The monoisotopic (exact) mass is 207 g/mol. The highest BCUT2D eigenvalue weighted by molar-refractivity contribution is 5.25. The standard InChI is InChI=1S/C10H13N3O2/c11-4-9-3-8(1-2-12-9)5-13-10(6-14)7-15/h1-3,10,13-15H,5-7H2. The summed E-state index contributed by atoms with van der Waals surface area (Å²) >= 11 is 0. The van der Waals surface area contributed by atoms with E-state index in [0.717, 1.165) is 5.56 Å². The zero-order valence-electron chi connectivity index (χ0n) is 8.22. The average molecular weight is 207 g/mol. The van der Waals surface area contributed by atoms with Gasteiger partial charge in [-0.25, -0.2) is 4.98 Å². The summed E-state index contributed by atoms with van der Waals surface area (Å²) in [6.07, 6.45) is 1.56. The lowest BCUT2D eigenvalue weighted by Gasteiger charge is -2.12. The summed E-state index contributed by atoms with van der Waals surface area (Å²) in [6, 6.07) is 5.06. The van der Waals surface area contributed by atoms with E-state index in [2.05, 4.69) is 10.3 Å². The molecule has 0 fully saturated rings. The van der Waals surface area contributed by atoms with E-state index in [1.54, 1.807) is 18.3 Å². The first-order chi connectivity index (χ1) is 7.30. The lowest BCUT2D eigenvalue weighted by atomic mass is 10.2. The van der Waals surface area contributed by atoms with Crippen LogP contribution in [0.2, 0.25) is 0 Å². The van der Waals surface area contributed by atoms with E-state index in [9.17, 15) is 0 Å². The van der Waals surface area contributed by atoms with Gasteiger partial charge in [0.25, 0.3) is 0 Å². The van der Waals surface area contributed by atoms with E-state index in [1.807, 2.05) is 6.07 Å². The summed E-state index contributed by atoms with van der Waals surface area (Å²) in [4.78, 5) is 3.84. The Hall–Kier alpha value is -1.48. The van der Waals surface area contributed by atoms with E-state index in [-0.39, 0.29) is 19.3 Å². The number of rotatable bonds is 5. The van der Waals surface area contributed by atoms with Crippen LogP contribution in [0.4, 0.5) is 0 Å². The van der Waals surface area contributed by atoms with E-state index >= 15 is 0 Å². The maximum atomic E-state index is 8.82. The van der Waals surface area contributed by atoms with E-state index in [0.29, 0.717) is 12.2 Å². The zero-order chi connectivity index (χ0) is 11.1. The van der Waals surface area contributed by atoms with Crippen LogP contribution < -0.4 is 5.32 Å². The molecule has 0 spiro atoms. The van der Waals surface area contributed by atoms with Crippen molar-refractivity contribution in [1.82, 2.24) is 10.3 Å². The number of hydrogen-bond acceptors (Lipinski definition) is 5. The molecule has 15 heavy (non-hydrogen) atoms. The predicted octanol–water partition coefficient (Wildman–Crippen LogP) is -0.604. The Labute approximate surface area is 88.0 Å². The van der Waals surface area contributed by atoms with Crippen molar-refractivity contribution < 1.29 is 10.2 Å². The van der Waals surface area contributed by atoms with Gasteiger partial charge >= 0.3 is 0 Å². The van der Waals surface area contributed by atoms with Gasteiger partial charge in [0, 0.05) is 12.7 Å². The quantitative estimate of drug-likeness (QED) is 0.599. The first-order valence-electron chi connectivity index (χ1n) is 4.60. The van der Waals surface area contributed by atoms with Gasteiger partial charge in [0.05, 0.1) is 19.3 Å². The summed E-state index contributed by atoms with van der Waals surface area (Å²) in [7, 11) is 0. The third-order valence-electron chi connectivity index (χ3n) is 1.97. The van der Waals surface area contributed by atoms with Crippen LogP contribution in [0.15, 0.2) is 18.3 Å². The smallest absolute Gasteiger partial charge is 0.140 e. The molecule has 0 aliphatic rings. The fourth-order valence-electron chi connectivity index (χ4n) is 1.09. The predicted molar refractivity (Wildman–Crippen MR) is 53.8 cm³/mol. The number of pyridine rings is 1. The van der Waals surface area contributed by atoms with Gasteiger partial charge in [-0.05, 0) is 17.7 Å². The second-order valence-electron chi connectivity index (χ2n) is 3.10. The normalized spacial score (nSPS) is 10.3. The van der Waals surface area contributed by atoms with Crippen molar-refractivity contribution in [2.45, 2.75) is 12.6 Å². The Kier molecular flexibility index (Phi) is 4.71. The van der Waals surface area contributed by atoms with Crippen molar-refractivity contribution >= 4 is 0 Å². The highest BCUT2D eigenvalue weighted by atomic mass is 16.3. The minimum absolute atomic E-state index is 0.118. The lowest BCUT2D eigenvalue weighted by Crippen LogP contribution is -2.35. The van der Waals surface area contributed by atoms with Gasteiger partial charge in [0.15, 0.2) is 0 Å². The summed E-state index contributed by atoms with van der Waals surface area (Å²) < 4.78 is 0. The molecule has 1 aromatic heterocycles. The number of aliphatic hydroxyl groups is 2. The topological polar surface area (TPSA) is 89.2 Å². The van der Waals surface area contributed by atoms with Gasteiger partial charge in [-0.3, -0.25) is 0 Å². The second-order valence-corrected chi connectivity index (χ2v) is 3.10. The maximum absolute atomic E-state index is 8.82. The van der Waals surface area contributed by atoms with Gasteiger partial charge in [-0.1, -0.05) is 0 Å². The molecule has 0 aliphatic heterocycles. The van der Waals surface area contributed by atoms with Crippen molar-refractivity contribution in [3.8, 4) is 6.07 Å². The van der Waals surface area contributed by atoms with E-state index in [4.69, 9.17) is 15.5 Å². The Morgan fingerprint density at radius 2 is 2.20 bits per heavy atom. The first-order valence-corrected chi connectivity index (χ1v) is 4.60. The fourth-order valence-corrected chi connectivity index (χ4v) is 1.09. The molecule has 3 N–H and O–H groups in total. The first kappa shape index (κ1) is 11.6. The van der Waals surface area contributed by atoms with Crippen molar-refractivity contribution in [3.05, 3.63) is 29.6 Å². The number of aromatic nitrogens is 1. The second kappa shape index (κ2) is 6.09. The summed E-state index contributed by atoms with van der Waals surface area (Å²) in [5.41, 5.74) is 1.26. The third kappa shape index (κ3) is 3.64. The minimum Gasteiger partial charge on any atom is -0.395 e. The molecular formula is C10H13N3O2. The molecular weight excluding hydrogens is 194 g/mol. The fraction of sp³-hybridized carbons (Fsp3) is 0.400. The Balaban J connectivity index is 2.54. The number of aliphatic hydroxyl groups excluding tert-OH is 2. The Morgan fingerprint density at radius 3 is 2.80 bits per heavy atom. The number of nitrogens with zero attached hydrogens (tertiary/aromatic N) is 2. The molecule has 0 atom stereocenters. The summed E-state index contributed by atoms with van der Waals surface area (Å²) in [5.74, 6) is 0. The molecule has 0 saturated carbocycles. The van der Waals surface area contributed by atoms with E-state index < -0.39 is 0 Å². The van der Waals surface area contributed by atoms with Crippen LogP contribution >= 0.6 is 0 Å². The highest BCUT2D eigenvalue weighted by Crippen LogP contribution is 2.00. The molecule has 5 nitrogen and oxygen atoms in total. The van der Waals surface area contributed by atoms with Gasteiger partial charge in [-0.15, -0.1) is 0 Å². The molecule has 0 aromatic carbocycles. The summed E-state index contributed by atoms with van der Waals surface area (Å²) in [6.45, 7) is 0.252. The van der Waals surface area contributed by atoms with Crippen LogP contribution in [0.25, 0.3) is 0 Å². The van der Waals surface area contributed by atoms with Crippen molar-refractivity contribution in [1.29, 1.82) is 5.26 Å². The zero-order valence-corrected chi connectivity index (χ0v) is 8.22. The van der Waals surface area contributed by atoms with Crippen LogP contribution in [0.1, 0.15) is 11.3 Å². The molecule has 0 bridgehead atoms. The van der Waals surface area contributed by atoms with Crippen LogP contribution in [0.5, 0.6) is 0 Å². The van der Waals surface area contributed by atoms with Crippen molar-refractivity contribution in [2.24, 2.45) is 0 Å². The number of nitrogens with one attached hydrogen (secondary N) is 1. The Bertz CT molecular complexity index is 345. The van der Waals surface area contributed by atoms with Crippen LogP contribution in [0.3, 0.4) is 0 Å². The van der Waals surface area contributed by atoms with E-state index in [1.165, 1.54) is 0 Å². The number of hydrogen-bond donors (Lipinski definition) is 3. The van der Waals surface area contributed by atoms with Crippen LogP contribution in [-0.2, 0) is 6.54 Å². The molecule has 1 aromatic rings. The maximum Gasteiger partial charge on any atom is 0.140 e. The van der Waals surface area contributed by atoms with Crippen LogP contribution in [-0.4, -0.2) is 34.5 Å². The van der Waals surface area contributed by atoms with Gasteiger partial charge in [0.2, 0.25) is 0 Å². The minimum atomic E-state index is -0.330. The molecule has 1 rings (SSSR count). The SMILES string of the molecule is N#Cc1cc(CNC(CO)CO)ccn1. The largest absolute Gasteiger partial charge is 0.395 e. The van der Waals surface area contributed by atoms with Gasteiger partial charge < -0.3 is 15.5 Å². The lowest BCUT2D eigenvalue weighted by molar-refractivity contribution is 0.170. The molecule has 0 unspecified atom stereocenters. The molecule has 0 aliphatic carbocycles. The third-order valence-corrected chi connectivity index (χ3v) is 1.97. The molecule has 1 heterocycles. The Morgan fingerprint density at radius 1 is 1.47 bits per heavy atom. The molecule has 80 valence electrons. The molecule has 0 amide bonds. The van der Waals surface area contributed by atoms with Gasteiger partial charge in [0.1, 0.15) is 11.8 Å². The van der Waals surface area contributed by atoms with Crippen molar-refractivity contribution in [2.75, 3.05) is 13.2 Å². The molecule has 5 heteroatoms. The van der Waals surface area contributed by atoms with Crippen molar-refractivity contribution in [3.63, 3.8) is 0 Å². The van der Waals surface area contributed by atoms with Gasteiger partial charge in [-0.2, -0.15) is 5.26 Å². The molecule has 0 radical (unpaired) electrons. The molecule has 0 saturated heterocycles. The highest BCUT2D eigenvalue weighted by Gasteiger charge is 2.04.